The molecule has 3 aromatic carbocycles. The summed E-state index contributed by atoms with van der Waals surface area (Å²) in [7, 11) is 6.47. The lowest BCUT2D eigenvalue weighted by Crippen LogP contribution is -2.67. The van der Waals surface area contributed by atoms with Crippen molar-refractivity contribution in [1.29, 1.82) is 0 Å². The van der Waals surface area contributed by atoms with Gasteiger partial charge in [-0.25, -0.2) is 15.0 Å². The van der Waals surface area contributed by atoms with E-state index < -0.39 is 49.7 Å². The smallest absolute Gasteiger partial charge is 0.308 e. The van der Waals surface area contributed by atoms with Gasteiger partial charge in [-0.15, -0.1) is 0 Å². The molecule has 1 saturated heterocycles. The Morgan fingerprint density at radius 2 is 1.38 bits per heavy atom. The third kappa shape index (κ3) is 17.1. The largest absolute Gasteiger partial charge is 0.493 e. The fraction of sp³-hybridized carbons (Fsp3) is 0.529. The molecule has 8 rings (SSSR count). The second-order valence-corrected chi connectivity index (χ2v) is 29.1. The van der Waals surface area contributed by atoms with E-state index >= 15 is 4.79 Å². The minimum absolute atomic E-state index is 0.0224. The monoisotopic (exact) mass is 1260 g/mol. The van der Waals surface area contributed by atoms with Crippen molar-refractivity contribution >= 4 is 36.5 Å². The Bertz CT molecular complexity index is 3190. The van der Waals surface area contributed by atoms with Crippen molar-refractivity contribution < 1.29 is 74.6 Å². The lowest BCUT2D eigenvalue weighted by Gasteiger charge is -2.45. The van der Waals surface area contributed by atoms with Gasteiger partial charge in [0.15, 0.2) is 35.0 Å². The number of oxazole rings is 3. The van der Waals surface area contributed by atoms with Gasteiger partial charge in [0.25, 0.3) is 8.32 Å². The summed E-state index contributed by atoms with van der Waals surface area (Å²) >= 11 is 0. The maximum Gasteiger partial charge on any atom is 0.308 e. The molecule has 0 saturated carbocycles. The third-order valence-electron chi connectivity index (χ3n) is 17.8. The molecule has 488 valence electrons. The average molecular weight is 1260 g/mol. The first-order valence-electron chi connectivity index (χ1n) is 31.2. The Hall–Kier alpha value is -6.59. The maximum absolute atomic E-state index is 15.3. The van der Waals surface area contributed by atoms with Crippen LogP contribution in [-0.4, -0.2) is 127 Å². The molecule has 20 heteroatoms. The van der Waals surface area contributed by atoms with Crippen LogP contribution in [0.1, 0.15) is 124 Å². The highest BCUT2D eigenvalue weighted by atomic mass is 28.4. The summed E-state index contributed by atoms with van der Waals surface area (Å²) in [4.78, 5) is 43.4. The Labute approximate surface area is 531 Å². The van der Waals surface area contributed by atoms with E-state index in [9.17, 15) is 4.79 Å². The number of methoxy groups -OCH3 is 6. The number of hydrogen-bond donors (Lipinski definition) is 0. The van der Waals surface area contributed by atoms with Crippen LogP contribution in [0.15, 0.2) is 129 Å². The zero-order chi connectivity index (χ0) is 64.5. The van der Waals surface area contributed by atoms with E-state index in [1.54, 1.807) is 54.6 Å². The number of cyclic esters (lactones) is 1. The molecule has 6 bridgehead atoms. The van der Waals surface area contributed by atoms with Gasteiger partial charge in [0.1, 0.15) is 43.5 Å². The van der Waals surface area contributed by atoms with Gasteiger partial charge in [0.05, 0.1) is 63.7 Å². The Morgan fingerprint density at radius 3 is 2.02 bits per heavy atom. The Morgan fingerprint density at radius 1 is 0.711 bits per heavy atom. The van der Waals surface area contributed by atoms with Crippen LogP contribution in [0.5, 0.6) is 11.5 Å². The number of nitrogens with zero attached hydrogens (tertiary/aromatic N) is 3. The van der Waals surface area contributed by atoms with Crippen molar-refractivity contribution in [1.82, 2.24) is 15.0 Å². The van der Waals surface area contributed by atoms with Gasteiger partial charge in [0.2, 0.25) is 17.7 Å². The fourth-order valence-corrected chi connectivity index (χ4v) is 17.3. The molecule has 0 spiro atoms. The predicted octanol–water partition coefficient (Wildman–Crippen LogP) is 12.6. The standard InChI is InChI=1S/C70H93N3O16Si/c1-44(31-33-58(48(5)66-45(2)35-65(80-13)88-66)86-43-82-39-49-32-34-59(77-10)62(36-49)79-12)60(78-11)38-61-47(4)57(76-9)29-22-30-63-71-54(41-83-63)68-73-55(42-85-68)69-72-53(40-84-69)67(81-14)46(3)56(74)28-21-23-50(37-64(75)87-61)89-90(70(6,7)8,51-24-17-15-18-25-51)52-26-19-16-20-27-52/h15-22,24-28,30,32,34,36,40-42,44-48,50,57-58,60-61,65-67H,23,29,31,33,35,37-39,43H2,1-14H3/b28-21+,30-22-/t44-,45+,46-,47+,48-,50-,57-,58+,60-,61-,65?,66+,67-/m0/s1. The van der Waals surface area contributed by atoms with Gasteiger partial charge < -0.3 is 65.0 Å². The van der Waals surface area contributed by atoms with E-state index in [-0.39, 0.29) is 85.5 Å². The molecule has 2 aliphatic rings. The van der Waals surface area contributed by atoms with Crippen molar-refractivity contribution in [2.45, 2.75) is 161 Å². The van der Waals surface area contributed by atoms with E-state index in [2.05, 4.69) is 80.8 Å². The number of fused-ring (bicyclic) bond motifs is 8. The van der Waals surface area contributed by atoms with Crippen molar-refractivity contribution in [2.75, 3.05) is 49.5 Å². The fourth-order valence-electron chi connectivity index (χ4n) is 12.6. The molecule has 13 atom stereocenters. The third-order valence-corrected chi connectivity index (χ3v) is 22.9. The summed E-state index contributed by atoms with van der Waals surface area (Å²) in [6.45, 7) is 17.3. The van der Waals surface area contributed by atoms with Gasteiger partial charge in [-0.1, -0.05) is 134 Å². The van der Waals surface area contributed by atoms with Crippen LogP contribution in [0.4, 0.5) is 0 Å². The summed E-state index contributed by atoms with van der Waals surface area (Å²) in [6, 6.07) is 26.2. The molecular weight excluding hydrogens is 1170 g/mol. The molecule has 5 heterocycles. The van der Waals surface area contributed by atoms with Crippen LogP contribution in [0.2, 0.25) is 5.04 Å². The summed E-state index contributed by atoms with van der Waals surface area (Å²) in [5.41, 5.74) is 1.98. The predicted molar refractivity (Wildman–Crippen MR) is 342 cm³/mol. The number of rotatable bonds is 23. The van der Waals surface area contributed by atoms with E-state index in [1.807, 2.05) is 67.6 Å². The molecule has 19 nitrogen and oxygen atoms in total. The second-order valence-electron chi connectivity index (χ2n) is 24.8. The van der Waals surface area contributed by atoms with Crippen LogP contribution in [0.3, 0.4) is 0 Å². The minimum Gasteiger partial charge on any atom is -0.493 e. The summed E-state index contributed by atoms with van der Waals surface area (Å²) in [5, 5.41) is 1.63. The lowest BCUT2D eigenvalue weighted by molar-refractivity contribution is -0.163. The molecular formula is C70H93N3O16Si. The van der Waals surface area contributed by atoms with Crippen LogP contribution >= 0.6 is 0 Å². The zero-order valence-corrected chi connectivity index (χ0v) is 55.8. The first kappa shape index (κ1) is 69.3. The molecule has 6 aromatic rings. The number of ketones is 1. The summed E-state index contributed by atoms with van der Waals surface area (Å²) in [6.07, 6.45) is 10.5. The summed E-state index contributed by atoms with van der Waals surface area (Å²) in [5.74, 6) is 0.311. The normalized spacial score (nSPS) is 24.4. The molecule has 3 aromatic heterocycles. The van der Waals surface area contributed by atoms with Crippen LogP contribution in [0.25, 0.3) is 29.2 Å². The van der Waals surface area contributed by atoms with Crippen LogP contribution in [-0.2, 0) is 58.5 Å². The molecule has 0 aliphatic carbocycles. The number of esters is 1. The number of allylic oxidation sites excluding steroid dienone is 1. The van der Waals surface area contributed by atoms with Gasteiger partial charge in [-0.05, 0) is 82.8 Å². The van der Waals surface area contributed by atoms with E-state index in [0.717, 1.165) is 22.4 Å². The first-order chi connectivity index (χ1) is 43.3. The first-order valence-corrected chi connectivity index (χ1v) is 33.1. The molecule has 90 heavy (non-hydrogen) atoms. The van der Waals surface area contributed by atoms with Crippen LogP contribution < -0.4 is 19.8 Å². The SMILES string of the molecule is COc1ccc(COCO[C@H](CC[C@H](C)[C@H](C[C@@H]2OC(=O)C[C@@H](O[Si](c3ccccc3)(c3ccccc3)C(C)(C)C)C/C=C/C(=O)[C@H](C)[C@H](OC)c3coc(n3)-c3coc(n3)-c3coc(n3)/C=C\C[C@H](OC)[C@H]2C)OC)[C@H](C)[C@@H]2OC(OC)C[C@H]2C)cc1OC. The maximum atomic E-state index is 15.3. The minimum atomic E-state index is -3.29. The molecule has 1 unspecified atom stereocenters. The molecule has 1 fully saturated rings. The second kappa shape index (κ2) is 32.6. The number of hydrogen-bond acceptors (Lipinski definition) is 19. The zero-order valence-electron chi connectivity index (χ0n) is 54.8. The lowest BCUT2D eigenvalue weighted by atomic mass is 9.84. The van der Waals surface area contributed by atoms with Crippen molar-refractivity contribution in [3.8, 4) is 34.7 Å². The molecule has 0 N–H and O–H groups in total. The topological polar surface area (TPSA) is 214 Å². The number of aromatic nitrogens is 3. The van der Waals surface area contributed by atoms with Crippen LogP contribution in [0, 0.1) is 29.6 Å². The molecule has 0 radical (unpaired) electrons. The number of carbonyl (C=O) groups is 2. The number of benzene rings is 3. The van der Waals surface area contributed by atoms with Crippen molar-refractivity contribution in [3.63, 3.8) is 0 Å². The van der Waals surface area contributed by atoms with Crippen molar-refractivity contribution in [2.24, 2.45) is 29.6 Å². The highest BCUT2D eigenvalue weighted by molar-refractivity contribution is 6.99. The van der Waals surface area contributed by atoms with Gasteiger partial charge >= 0.3 is 5.97 Å². The molecule has 0 amide bonds. The Kier molecular flexibility index (Phi) is 25.1. The molecule has 2 aliphatic heterocycles. The highest BCUT2D eigenvalue weighted by Gasteiger charge is 2.52. The quantitative estimate of drug-likeness (QED) is 0.0252. The Balaban J connectivity index is 1.10. The van der Waals surface area contributed by atoms with E-state index in [1.165, 1.54) is 32.0 Å². The van der Waals surface area contributed by atoms with E-state index in [4.69, 9.17) is 65.0 Å². The van der Waals surface area contributed by atoms with Gasteiger partial charge in [-0.2, -0.15) is 0 Å². The van der Waals surface area contributed by atoms with E-state index in [0.29, 0.717) is 66.8 Å². The van der Waals surface area contributed by atoms with Crippen molar-refractivity contribution in [3.05, 3.63) is 133 Å². The number of carbonyl (C=O) groups excluding carboxylic acids is 2. The van der Waals surface area contributed by atoms with Gasteiger partial charge in [-0.3, -0.25) is 9.59 Å². The highest BCUT2D eigenvalue weighted by Crippen LogP contribution is 2.40. The average Bonchev–Trinajstić information content (AvgIpc) is 1.70. The summed E-state index contributed by atoms with van der Waals surface area (Å²) < 4.78 is 86.6. The van der Waals surface area contributed by atoms with Gasteiger partial charge in [0, 0.05) is 53.1 Å². The number of ether oxygens (including phenoxy) is 10.